The highest BCUT2D eigenvalue weighted by molar-refractivity contribution is 4.99. The molecule has 94 valence electrons. The van der Waals surface area contributed by atoms with Crippen molar-refractivity contribution in [2.24, 2.45) is 5.41 Å². The maximum Gasteiger partial charge on any atom is 0.0655 e. The smallest absolute Gasteiger partial charge is 0.0655 e. The molecule has 3 rings (SSSR count). The van der Waals surface area contributed by atoms with Crippen molar-refractivity contribution in [3.8, 4) is 0 Å². The molecular weight excluding hydrogens is 198 g/mol. The van der Waals surface area contributed by atoms with Crippen LogP contribution < -0.4 is 5.32 Å². The maximum absolute atomic E-state index is 6.03. The maximum atomic E-state index is 6.03. The molecule has 16 heavy (non-hydrogen) atoms. The molecule has 0 amide bonds. The molecule has 2 nitrogen and oxygen atoms in total. The lowest BCUT2D eigenvalue weighted by Gasteiger charge is -2.52. The Kier molecular flexibility index (Phi) is 3.09. The van der Waals surface area contributed by atoms with Crippen molar-refractivity contribution in [2.45, 2.75) is 70.9 Å². The lowest BCUT2D eigenvalue weighted by Crippen LogP contribution is -2.55. The second kappa shape index (κ2) is 3.99. The van der Waals surface area contributed by atoms with Gasteiger partial charge in [0.1, 0.15) is 0 Å². The second-order valence-corrected chi connectivity index (χ2v) is 6.83. The van der Waals surface area contributed by atoms with Gasteiger partial charge in [0.2, 0.25) is 0 Å². The SMILES string of the molecule is CCC(C)(C)NCC12CCC(C)(CC1)OC2. The molecule has 1 saturated carbocycles. The number of ether oxygens (including phenoxy) is 1. The molecule has 0 aromatic heterocycles. The molecule has 2 heterocycles. The van der Waals surface area contributed by atoms with Gasteiger partial charge >= 0.3 is 0 Å². The highest BCUT2D eigenvalue weighted by Crippen LogP contribution is 2.48. The summed E-state index contributed by atoms with van der Waals surface area (Å²) in [5, 5.41) is 3.73. The van der Waals surface area contributed by atoms with Crippen molar-refractivity contribution in [3.05, 3.63) is 0 Å². The van der Waals surface area contributed by atoms with Crippen LogP contribution in [0.4, 0.5) is 0 Å². The molecule has 2 aliphatic heterocycles. The van der Waals surface area contributed by atoms with Gasteiger partial charge in [0.25, 0.3) is 0 Å². The quantitative estimate of drug-likeness (QED) is 0.794. The Morgan fingerprint density at radius 2 is 1.81 bits per heavy atom. The normalized spacial score (nSPS) is 39.0. The van der Waals surface area contributed by atoms with E-state index in [1.54, 1.807) is 0 Å². The first-order valence-corrected chi connectivity index (χ1v) is 6.78. The number of fused-ring (bicyclic) bond motifs is 3. The molecule has 2 bridgehead atoms. The van der Waals surface area contributed by atoms with Crippen LogP contribution in [0.2, 0.25) is 0 Å². The third kappa shape index (κ3) is 2.43. The van der Waals surface area contributed by atoms with Crippen LogP contribution in [0.15, 0.2) is 0 Å². The van der Waals surface area contributed by atoms with Crippen molar-refractivity contribution in [2.75, 3.05) is 13.2 Å². The highest BCUT2D eigenvalue weighted by Gasteiger charge is 2.47. The lowest BCUT2D eigenvalue weighted by molar-refractivity contribution is -0.173. The molecule has 1 N–H and O–H groups in total. The first kappa shape index (κ1) is 12.4. The van der Waals surface area contributed by atoms with Crippen LogP contribution in [-0.4, -0.2) is 24.3 Å². The topological polar surface area (TPSA) is 21.3 Å². The Labute approximate surface area is 100 Å². The lowest BCUT2D eigenvalue weighted by atomic mass is 9.66. The molecule has 0 unspecified atom stereocenters. The van der Waals surface area contributed by atoms with Crippen LogP contribution in [0.25, 0.3) is 0 Å². The molecule has 0 spiro atoms. The van der Waals surface area contributed by atoms with Crippen molar-refractivity contribution < 1.29 is 4.74 Å². The van der Waals surface area contributed by atoms with Crippen molar-refractivity contribution in [1.82, 2.24) is 5.32 Å². The predicted octanol–water partition coefficient (Wildman–Crippen LogP) is 3.11. The molecule has 1 aliphatic carbocycles. The Morgan fingerprint density at radius 1 is 1.19 bits per heavy atom. The average Bonchev–Trinajstić information content (AvgIpc) is 2.29. The summed E-state index contributed by atoms with van der Waals surface area (Å²) >= 11 is 0. The number of rotatable bonds is 4. The van der Waals surface area contributed by atoms with Crippen LogP contribution in [0.1, 0.15) is 59.8 Å². The fourth-order valence-electron chi connectivity index (χ4n) is 2.70. The largest absolute Gasteiger partial charge is 0.375 e. The van der Waals surface area contributed by atoms with E-state index in [9.17, 15) is 0 Å². The monoisotopic (exact) mass is 225 g/mol. The van der Waals surface area contributed by atoms with E-state index in [0.717, 1.165) is 13.2 Å². The van der Waals surface area contributed by atoms with Gasteiger partial charge in [-0.05, 0) is 52.9 Å². The summed E-state index contributed by atoms with van der Waals surface area (Å²) in [6, 6.07) is 0. The van der Waals surface area contributed by atoms with E-state index in [4.69, 9.17) is 4.74 Å². The van der Waals surface area contributed by atoms with Gasteiger partial charge in [-0.3, -0.25) is 0 Å². The Morgan fingerprint density at radius 3 is 2.25 bits per heavy atom. The van der Waals surface area contributed by atoms with E-state index >= 15 is 0 Å². The zero-order chi connectivity index (χ0) is 11.9. The summed E-state index contributed by atoms with van der Waals surface area (Å²) in [7, 11) is 0. The van der Waals surface area contributed by atoms with Gasteiger partial charge in [0.15, 0.2) is 0 Å². The van der Waals surface area contributed by atoms with Crippen molar-refractivity contribution >= 4 is 0 Å². The number of hydrogen-bond acceptors (Lipinski definition) is 2. The van der Waals surface area contributed by atoms with E-state index in [2.05, 4.69) is 33.0 Å². The summed E-state index contributed by atoms with van der Waals surface area (Å²) < 4.78 is 6.03. The van der Waals surface area contributed by atoms with Crippen LogP contribution in [-0.2, 0) is 4.74 Å². The predicted molar refractivity (Wildman–Crippen MR) is 67.6 cm³/mol. The number of hydrogen-bond donors (Lipinski definition) is 1. The Balaban J connectivity index is 1.91. The van der Waals surface area contributed by atoms with Crippen molar-refractivity contribution in [1.29, 1.82) is 0 Å². The Hall–Kier alpha value is -0.0800. The summed E-state index contributed by atoms with van der Waals surface area (Å²) in [5.74, 6) is 0. The van der Waals surface area contributed by atoms with E-state index in [1.807, 2.05) is 0 Å². The summed E-state index contributed by atoms with van der Waals surface area (Å²) in [4.78, 5) is 0. The third-order valence-electron chi connectivity index (χ3n) is 4.92. The highest BCUT2D eigenvalue weighted by atomic mass is 16.5. The molecule has 3 aliphatic rings. The minimum absolute atomic E-state index is 0.210. The molecule has 0 aromatic carbocycles. The molecule has 2 saturated heterocycles. The first-order chi connectivity index (χ1) is 7.39. The van der Waals surface area contributed by atoms with Crippen LogP contribution >= 0.6 is 0 Å². The van der Waals surface area contributed by atoms with Crippen LogP contribution in [0, 0.1) is 5.41 Å². The minimum atomic E-state index is 0.210. The van der Waals surface area contributed by atoms with Gasteiger partial charge in [0.05, 0.1) is 12.2 Å². The molecular formula is C14H27NO. The van der Waals surface area contributed by atoms with Gasteiger partial charge in [-0.1, -0.05) is 6.92 Å². The van der Waals surface area contributed by atoms with Crippen LogP contribution in [0.3, 0.4) is 0 Å². The zero-order valence-electron chi connectivity index (χ0n) is 11.4. The molecule has 0 atom stereocenters. The van der Waals surface area contributed by atoms with E-state index in [-0.39, 0.29) is 11.1 Å². The van der Waals surface area contributed by atoms with E-state index in [1.165, 1.54) is 32.1 Å². The van der Waals surface area contributed by atoms with Gasteiger partial charge in [-0.2, -0.15) is 0 Å². The average molecular weight is 225 g/mol. The number of nitrogens with one attached hydrogen (secondary N) is 1. The van der Waals surface area contributed by atoms with Gasteiger partial charge < -0.3 is 10.1 Å². The Bertz CT molecular complexity index is 235. The fraction of sp³-hybridized carbons (Fsp3) is 1.00. The molecule has 2 heteroatoms. The molecule has 0 aromatic rings. The second-order valence-electron chi connectivity index (χ2n) is 6.83. The summed E-state index contributed by atoms with van der Waals surface area (Å²) in [5.41, 5.74) is 0.916. The van der Waals surface area contributed by atoms with Crippen LogP contribution in [0.5, 0.6) is 0 Å². The fourth-order valence-corrected chi connectivity index (χ4v) is 2.70. The van der Waals surface area contributed by atoms with Gasteiger partial charge in [-0.15, -0.1) is 0 Å². The minimum Gasteiger partial charge on any atom is -0.375 e. The standard InChI is InChI=1S/C14H27NO/c1-5-12(2,3)15-10-14-8-6-13(4,7-9-14)16-11-14/h15H,5-11H2,1-4H3. The molecule has 0 radical (unpaired) electrons. The van der Waals surface area contributed by atoms with E-state index in [0.29, 0.717) is 5.41 Å². The third-order valence-corrected chi connectivity index (χ3v) is 4.92. The zero-order valence-corrected chi connectivity index (χ0v) is 11.4. The summed E-state index contributed by atoms with van der Waals surface area (Å²) in [6.07, 6.45) is 6.37. The first-order valence-electron chi connectivity index (χ1n) is 6.78. The summed E-state index contributed by atoms with van der Waals surface area (Å²) in [6.45, 7) is 11.2. The van der Waals surface area contributed by atoms with E-state index < -0.39 is 0 Å². The molecule has 3 fully saturated rings. The van der Waals surface area contributed by atoms with Crippen molar-refractivity contribution in [3.63, 3.8) is 0 Å². The van der Waals surface area contributed by atoms with Gasteiger partial charge in [-0.25, -0.2) is 0 Å². The van der Waals surface area contributed by atoms with Gasteiger partial charge in [0, 0.05) is 17.5 Å².